The Kier molecular flexibility index (Phi) is 7.04. The third-order valence-corrected chi connectivity index (χ3v) is 9.73. The molecule has 0 N–H and O–H groups in total. The summed E-state index contributed by atoms with van der Waals surface area (Å²) in [5.74, 6) is 4.45. The minimum Gasteiger partial charge on any atom is -0.247 e. The fourth-order valence-electron chi connectivity index (χ4n) is 7.69. The van der Waals surface area contributed by atoms with Gasteiger partial charge in [-0.25, -0.2) is 8.78 Å². The van der Waals surface area contributed by atoms with E-state index in [1.54, 1.807) is 0 Å². The lowest BCUT2D eigenvalue weighted by molar-refractivity contribution is -0.00225. The molecule has 0 aliphatic heterocycles. The molecule has 4 saturated carbocycles. The third-order valence-electron chi connectivity index (χ3n) is 9.73. The van der Waals surface area contributed by atoms with Gasteiger partial charge in [-0.05, 0) is 112 Å². The Morgan fingerprint density at radius 2 is 0.821 bits per heavy atom. The molecule has 4 rings (SSSR count). The maximum atomic E-state index is 15.2. The molecular formula is C26H44F2. The summed E-state index contributed by atoms with van der Waals surface area (Å²) < 4.78 is 30.4. The summed E-state index contributed by atoms with van der Waals surface area (Å²) in [5.41, 5.74) is 0. The zero-order valence-electron chi connectivity index (χ0n) is 18.4. The summed E-state index contributed by atoms with van der Waals surface area (Å²) in [5, 5.41) is 0. The second-order valence-electron chi connectivity index (χ2n) is 11.5. The number of halogens is 2. The lowest BCUT2D eigenvalue weighted by Crippen LogP contribution is -2.40. The SMILES string of the molecule is CC1CCC(C2CCC(C3CCC(C4CCC(C)CC4)C(F)C3)C(F)C2)CC1. The van der Waals surface area contributed by atoms with Crippen LogP contribution in [0.5, 0.6) is 0 Å². The van der Waals surface area contributed by atoms with Crippen molar-refractivity contribution in [2.24, 2.45) is 47.3 Å². The first kappa shape index (κ1) is 21.1. The monoisotopic (exact) mass is 394 g/mol. The predicted octanol–water partition coefficient (Wildman–Crippen LogP) is 8.15. The van der Waals surface area contributed by atoms with Crippen LogP contribution in [0.3, 0.4) is 0 Å². The van der Waals surface area contributed by atoms with Gasteiger partial charge in [0.15, 0.2) is 0 Å². The van der Waals surface area contributed by atoms with E-state index in [1.807, 2.05) is 0 Å². The van der Waals surface area contributed by atoms with E-state index in [9.17, 15) is 0 Å². The van der Waals surface area contributed by atoms with Crippen LogP contribution in [0.15, 0.2) is 0 Å². The van der Waals surface area contributed by atoms with Crippen LogP contribution in [0.4, 0.5) is 8.78 Å². The molecule has 0 nitrogen and oxygen atoms in total. The minimum absolute atomic E-state index is 0.157. The first-order valence-electron chi connectivity index (χ1n) is 12.8. The van der Waals surface area contributed by atoms with Gasteiger partial charge < -0.3 is 0 Å². The molecule has 162 valence electrons. The van der Waals surface area contributed by atoms with Gasteiger partial charge in [-0.15, -0.1) is 0 Å². The molecule has 0 spiro atoms. The lowest BCUT2D eigenvalue weighted by atomic mass is 9.62. The van der Waals surface area contributed by atoms with Crippen molar-refractivity contribution in [3.05, 3.63) is 0 Å². The van der Waals surface area contributed by atoms with Crippen LogP contribution in [-0.2, 0) is 0 Å². The highest BCUT2D eigenvalue weighted by molar-refractivity contribution is 4.93. The van der Waals surface area contributed by atoms with Crippen LogP contribution in [-0.4, -0.2) is 12.3 Å². The van der Waals surface area contributed by atoms with E-state index in [-0.39, 0.29) is 11.8 Å². The van der Waals surface area contributed by atoms with Crippen LogP contribution in [0, 0.1) is 47.3 Å². The highest BCUT2D eigenvalue weighted by Gasteiger charge is 2.43. The smallest absolute Gasteiger partial charge is 0.103 e. The van der Waals surface area contributed by atoms with Gasteiger partial charge in [-0.3, -0.25) is 0 Å². The molecule has 6 atom stereocenters. The van der Waals surface area contributed by atoms with Crippen molar-refractivity contribution < 1.29 is 8.78 Å². The molecule has 0 amide bonds. The van der Waals surface area contributed by atoms with E-state index in [0.717, 1.165) is 43.4 Å². The van der Waals surface area contributed by atoms with Gasteiger partial charge in [0.05, 0.1) is 0 Å². The maximum Gasteiger partial charge on any atom is 0.103 e. The highest BCUT2D eigenvalue weighted by atomic mass is 19.1. The molecule has 0 bridgehead atoms. The summed E-state index contributed by atoms with van der Waals surface area (Å²) in [6.07, 6.45) is 14.8. The third kappa shape index (κ3) is 4.77. The second kappa shape index (κ2) is 9.34. The van der Waals surface area contributed by atoms with E-state index in [4.69, 9.17) is 0 Å². The highest BCUT2D eigenvalue weighted by Crippen LogP contribution is 2.49. The molecule has 2 heteroatoms. The number of rotatable bonds is 3. The number of alkyl halides is 2. The first-order chi connectivity index (χ1) is 13.5. The van der Waals surface area contributed by atoms with Crippen molar-refractivity contribution in [3.63, 3.8) is 0 Å². The molecule has 4 aliphatic carbocycles. The summed E-state index contributed by atoms with van der Waals surface area (Å²) in [4.78, 5) is 0. The number of hydrogen-bond acceptors (Lipinski definition) is 0. The Hall–Kier alpha value is -0.140. The molecule has 0 aromatic heterocycles. The molecule has 4 fully saturated rings. The van der Waals surface area contributed by atoms with E-state index < -0.39 is 12.3 Å². The normalized spacial score (nSPS) is 51.0. The van der Waals surface area contributed by atoms with Crippen molar-refractivity contribution in [2.45, 2.75) is 116 Å². The van der Waals surface area contributed by atoms with Crippen LogP contribution in [0.2, 0.25) is 0 Å². The van der Waals surface area contributed by atoms with Crippen LogP contribution in [0.25, 0.3) is 0 Å². The molecule has 0 heterocycles. The van der Waals surface area contributed by atoms with E-state index in [1.165, 1.54) is 57.8 Å². The quantitative estimate of drug-likeness (QED) is 0.453. The average Bonchev–Trinajstić information content (AvgIpc) is 2.69. The van der Waals surface area contributed by atoms with Crippen molar-refractivity contribution in [3.8, 4) is 0 Å². The Balaban J connectivity index is 1.26. The first-order valence-corrected chi connectivity index (χ1v) is 12.8. The largest absolute Gasteiger partial charge is 0.247 e. The summed E-state index contributed by atoms with van der Waals surface area (Å²) in [6, 6.07) is 0. The summed E-state index contributed by atoms with van der Waals surface area (Å²) in [6.45, 7) is 4.70. The topological polar surface area (TPSA) is 0 Å². The molecule has 4 aliphatic rings. The molecule has 6 unspecified atom stereocenters. The fourth-order valence-corrected chi connectivity index (χ4v) is 7.69. The average molecular weight is 395 g/mol. The van der Waals surface area contributed by atoms with Gasteiger partial charge in [-0.2, -0.15) is 0 Å². The molecule has 0 saturated heterocycles. The predicted molar refractivity (Wildman–Crippen MR) is 114 cm³/mol. The number of hydrogen-bond donors (Lipinski definition) is 0. The van der Waals surface area contributed by atoms with Crippen LogP contribution >= 0.6 is 0 Å². The zero-order chi connectivity index (χ0) is 19.7. The van der Waals surface area contributed by atoms with E-state index in [2.05, 4.69) is 13.8 Å². The minimum atomic E-state index is -0.665. The Labute approximate surface area is 172 Å². The summed E-state index contributed by atoms with van der Waals surface area (Å²) in [7, 11) is 0. The Bertz CT molecular complexity index is 475. The molecule has 0 aromatic carbocycles. The maximum absolute atomic E-state index is 15.2. The standard InChI is InChI=1S/C26H44F2/c1-17-3-7-19(8-4-17)21-11-13-24(25(27)15-21)22-12-14-23(26(28)16-22)20-9-5-18(2)6-10-20/h17-26H,3-16H2,1-2H3. The van der Waals surface area contributed by atoms with Crippen molar-refractivity contribution >= 4 is 0 Å². The Morgan fingerprint density at radius 1 is 0.429 bits per heavy atom. The molecule has 0 aromatic rings. The van der Waals surface area contributed by atoms with Crippen LogP contribution in [0.1, 0.15) is 104 Å². The van der Waals surface area contributed by atoms with Crippen molar-refractivity contribution in [1.82, 2.24) is 0 Å². The van der Waals surface area contributed by atoms with Gasteiger partial charge in [0.25, 0.3) is 0 Å². The zero-order valence-corrected chi connectivity index (χ0v) is 18.4. The van der Waals surface area contributed by atoms with Gasteiger partial charge in [0.2, 0.25) is 0 Å². The van der Waals surface area contributed by atoms with E-state index >= 15 is 8.78 Å². The molecule has 0 radical (unpaired) electrons. The van der Waals surface area contributed by atoms with Crippen molar-refractivity contribution in [2.75, 3.05) is 0 Å². The van der Waals surface area contributed by atoms with Gasteiger partial charge in [0, 0.05) is 0 Å². The summed E-state index contributed by atoms with van der Waals surface area (Å²) >= 11 is 0. The lowest BCUT2D eigenvalue weighted by Gasteiger charge is -2.45. The fraction of sp³-hybridized carbons (Fsp3) is 1.00. The van der Waals surface area contributed by atoms with E-state index in [0.29, 0.717) is 24.2 Å². The Morgan fingerprint density at radius 3 is 1.36 bits per heavy atom. The second-order valence-corrected chi connectivity index (χ2v) is 11.5. The van der Waals surface area contributed by atoms with Gasteiger partial charge >= 0.3 is 0 Å². The van der Waals surface area contributed by atoms with Crippen LogP contribution < -0.4 is 0 Å². The van der Waals surface area contributed by atoms with Crippen molar-refractivity contribution in [1.29, 1.82) is 0 Å². The molecule has 28 heavy (non-hydrogen) atoms. The van der Waals surface area contributed by atoms with Gasteiger partial charge in [0.1, 0.15) is 12.3 Å². The molecular weight excluding hydrogens is 350 g/mol. The van der Waals surface area contributed by atoms with Gasteiger partial charge in [-0.1, -0.05) is 39.5 Å².